The van der Waals surface area contributed by atoms with Gasteiger partial charge in [-0.05, 0) is 6.07 Å². The Hall–Kier alpha value is -2.10. The van der Waals surface area contributed by atoms with E-state index in [1.807, 2.05) is 35.9 Å². The number of aliphatic carboxylic acids is 1. The molecule has 4 nitrogen and oxygen atoms in total. The third kappa shape index (κ3) is 2.14. The molecule has 0 radical (unpaired) electrons. The van der Waals surface area contributed by atoms with Crippen molar-refractivity contribution in [3.05, 3.63) is 36.0 Å². The summed E-state index contributed by atoms with van der Waals surface area (Å²) in [5.41, 5.74) is 1.57. The summed E-state index contributed by atoms with van der Waals surface area (Å²) in [6, 6.07) is 7.61. The lowest BCUT2D eigenvalue weighted by molar-refractivity contribution is -0.141. The monoisotopic (exact) mass is 245 g/mol. The van der Waals surface area contributed by atoms with Gasteiger partial charge in [0.25, 0.3) is 0 Å². The van der Waals surface area contributed by atoms with Gasteiger partial charge >= 0.3 is 5.97 Å². The van der Waals surface area contributed by atoms with Gasteiger partial charge in [0.2, 0.25) is 0 Å². The van der Waals surface area contributed by atoms with Gasteiger partial charge in [0.05, 0.1) is 5.92 Å². The molecule has 0 bridgehead atoms. The topological polar surface area (TPSA) is 59.3 Å². The molecule has 1 heterocycles. The Morgan fingerprint density at radius 1 is 1.33 bits per heavy atom. The molecule has 1 N–H and O–H groups in total. The van der Waals surface area contributed by atoms with E-state index in [1.54, 1.807) is 13.1 Å². The van der Waals surface area contributed by atoms with Gasteiger partial charge in [0, 0.05) is 36.1 Å². The highest BCUT2D eigenvalue weighted by molar-refractivity contribution is 6.08. The summed E-state index contributed by atoms with van der Waals surface area (Å²) < 4.78 is 1.88. The molecular formula is C14H15NO3. The van der Waals surface area contributed by atoms with Crippen molar-refractivity contribution in [2.45, 2.75) is 13.3 Å². The fourth-order valence-electron chi connectivity index (χ4n) is 2.04. The van der Waals surface area contributed by atoms with Crippen LogP contribution in [-0.2, 0) is 11.8 Å². The number of fused-ring (bicyclic) bond motifs is 1. The third-order valence-corrected chi connectivity index (χ3v) is 3.11. The number of aryl methyl sites for hydroxylation is 1. The van der Waals surface area contributed by atoms with Crippen LogP contribution in [0.3, 0.4) is 0 Å². The normalized spacial score (nSPS) is 12.6. The minimum absolute atomic E-state index is 0.0311. The second-order valence-electron chi connectivity index (χ2n) is 4.54. The first-order valence-electron chi connectivity index (χ1n) is 5.80. The van der Waals surface area contributed by atoms with E-state index in [0.717, 1.165) is 10.9 Å². The number of carbonyl (C=O) groups is 2. The molecule has 1 aromatic heterocycles. The van der Waals surface area contributed by atoms with E-state index in [0.29, 0.717) is 5.56 Å². The lowest BCUT2D eigenvalue weighted by Gasteiger charge is -2.04. The summed E-state index contributed by atoms with van der Waals surface area (Å²) in [6.45, 7) is 1.55. The zero-order chi connectivity index (χ0) is 13.3. The maximum absolute atomic E-state index is 12.1. The second kappa shape index (κ2) is 4.64. The summed E-state index contributed by atoms with van der Waals surface area (Å²) in [4.78, 5) is 22.9. The first-order chi connectivity index (χ1) is 8.50. The molecule has 0 saturated heterocycles. The fourth-order valence-corrected chi connectivity index (χ4v) is 2.04. The maximum atomic E-state index is 12.1. The molecule has 0 saturated carbocycles. The summed E-state index contributed by atoms with van der Waals surface area (Å²) in [5.74, 6) is -1.72. The highest BCUT2D eigenvalue weighted by Crippen LogP contribution is 2.22. The van der Waals surface area contributed by atoms with E-state index in [-0.39, 0.29) is 12.2 Å². The van der Waals surface area contributed by atoms with Crippen LogP contribution in [0.2, 0.25) is 0 Å². The number of ketones is 1. The predicted octanol–water partition coefficient (Wildman–Crippen LogP) is 2.47. The van der Waals surface area contributed by atoms with Crippen LogP contribution in [0.15, 0.2) is 30.5 Å². The first kappa shape index (κ1) is 12.4. The molecule has 2 aromatic rings. The number of para-hydroxylation sites is 1. The molecule has 2 rings (SSSR count). The Balaban J connectivity index is 2.37. The number of rotatable bonds is 4. The van der Waals surface area contributed by atoms with E-state index in [1.165, 1.54) is 0 Å². The van der Waals surface area contributed by atoms with Crippen molar-refractivity contribution in [3.8, 4) is 0 Å². The molecule has 4 heteroatoms. The van der Waals surface area contributed by atoms with Crippen LogP contribution in [0, 0.1) is 5.92 Å². The molecule has 0 amide bonds. The van der Waals surface area contributed by atoms with Gasteiger partial charge in [0.1, 0.15) is 0 Å². The molecule has 94 valence electrons. The summed E-state index contributed by atoms with van der Waals surface area (Å²) in [7, 11) is 1.87. The number of carboxylic acid groups (broad SMARTS) is 1. The number of Topliss-reactive ketones (excluding diaryl/α,β-unsaturated/α-hetero) is 1. The summed E-state index contributed by atoms with van der Waals surface area (Å²) in [6.07, 6.45) is 1.80. The van der Waals surface area contributed by atoms with Gasteiger partial charge in [0.15, 0.2) is 5.78 Å². The molecule has 1 atom stereocenters. The van der Waals surface area contributed by atoms with Gasteiger partial charge in [-0.2, -0.15) is 0 Å². The number of nitrogens with zero attached hydrogens (tertiary/aromatic N) is 1. The lowest BCUT2D eigenvalue weighted by atomic mass is 9.99. The van der Waals surface area contributed by atoms with E-state index < -0.39 is 11.9 Å². The van der Waals surface area contributed by atoms with Crippen LogP contribution in [-0.4, -0.2) is 21.4 Å². The summed E-state index contributed by atoms with van der Waals surface area (Å²) >= 11 is 0. The fraction of sp³-hybridized carbons (Fsp3) is 0.286. The number of hydrogen-bond donors (Lipinski definition) is 1. The molecule has 0 aliphatic heterocycles. The van der Waals surface area contributed by atoms with Crippen LogP contribution in [0.25, 0.3) is 10.9 Å². The van der Waals surface area contributed by atoms with E-state index in [4.69, 9.17) is 5.11 Å². The molecule has 0 aliphatic carbocycles. The van der Waals surface area contributed by atoms with Crippen molar-refractivity contribution in [1.29, 1.82) is 0 Å². The zero-order valence-electron chi connectivity index (χ0n) is 10.4. The minimum atomic E-state index is -0.941. The molecule has 1 unspecified atom stereocenters. The predicted molar refractivity (Wildman–Crippen MR) is 68.7 cm³/mol. The van der Waals surface area contributed by atoms with Crippen LogP contribution >= 0.6 is 0 Å². The average molecular weight is 245 g/mol. The van der Waals surface area contributed by atoms with Crippen LogP contribution in [0.5, 0.6) is 0 Å². The van der Waals surface area contributed by atoms with Crippen molar-refractivity contribution in [3.63, 3.8) is 0 Å². The molecule has 1 aromatic carbocycles. The van der Waals surface area contributed by atoms with Gasteiger partial charge in [-0.1, -0.05) is 25.1 Å². The highest BCUT2D eigenvalue weighted by Gasteiger charge is 2.19. The Morgan fingerprint density at radius 3 is 2.67 bits per heavy atom. The van der Waals surface area contributed by atoms with Crippen LogP contribution in [0.4, 0.5) is 0 Å². The Kier molecular flexibility index (Phi) is 3.19. The van der Waals surface area contributed by atoms with Gasteiger partial charge < -0.3 is 9.67 Å². The molecule has 18 heavy (non-hydrogen) atoms. The maximum Gasteiger partial charge on any atom is 0.306 e. The van der Waals surface area contributed by atoms with Crippen molar-refractivity contribution < 1.29 is 14.7 Å². The van der Waals surface area contributed by atoms with Gasteiger partial charge in [-0.25, -0.2) is 0 Å². The molecular weight excluding hydrogens is 230 g/mol. The first-order valence-corrected chi connectivity index (χ1v) is 5.80. The van der Waals surface area contributed by atoms with Crippen molar-refractivity contribution in [2.24, 2.45) is 13.0 Å². The van der Waals surface area contributed by atoms with Gasteiger partial charge in [-0.3, -0.25) is 9.59 Å². The molecule has 0 aliphatic rings. The largest absolute Gasteiger partial charge is 0.481 e. The third-order valence-electron chi connectivity index (χ3n) is 3.11. The van der Waals surface area contributed by atoms with E-state index in [9.17, 15) is 9.59 Å². The average Bonchev–Trinajstić information content (AvgIpc) is 2.67. The van der Waals surface area contributed by atoms with E-state index in [2.05, 4.69) is 0 Å². The second-order valence-corrected chi connectivity index (χ2v) is 4.54. The number of aromatic nitrogens is 1. The number of carbonyl (C=O) groups excluding carboxylic acids is 1. The van der Waals surface area contributed by atoms with Crippen molar-refractivity contribution in [1.82, 2.24) is 4.57 Å². The highest BCUT2D eigenvalue weighted by atomic mass is 16.4. The Labute approximate surface area is 105 Å². The zero-order valence-corrected chi connectivity index (χ0v) is 10.4. The van der Waals surface area contributed by atoms with Crippen LogP contribution < -0.4 is 0 Å². The Bertz CT molecular complexity index is 613. The lowest BCUT2D eigenvalue weighted by Crippen LogP contribution is -2.14. The van der Waals surface area contributed by atoms with E-state index >= 15 is 0 Å². The number of carboxylic acids is 1. The van der Waals surface area contributed by atoms with Crippen molar-refractivity contribution in [2.75, 3.05) is 0 Å². The SMILES string of the molecule is CC(CC(=O)c1cn(C)c2ccccc12)C(=O)O. The molecule has 0 fully saturated rings. The quantitative estimate of drug-likeness (QED) is 0.842. The minimum Gasteiger partial charge on any atom is -0.481 e. The number of benzene rings is 1. The van der Waals surface area contributed by atoms with Crippen molar-refractivity contribution >= 4 is 22.7 Å². The van der Waals surface area contributed by atoms with Gasteiger partial charge in [-0.15, -0.1) is 0 Å². The standard InChI is InChI=1S/C14H15NO3/c1-9(14(17)18)7-13(16)11-8-15(2)12-6-4-3-5-10(11)12/h3-6,8-9H,7H2,1-2H3,(H,17,18). The van der Waals surface area contributed by atoms with Crippen LogP contribution in [0.1, 0.15) is 23.7 Å². The smallest absolute Gasteiger partial charge is 0.306 e. The number of hydrogen-bond acceptors (Lipinski definition) is 2. The summed E-state index contributed by atoms with van der Waals surface area (Å²) in [5, 5.41) is 9.72. The molecule has 0 spiro atoms. The Morgan fingerprint density at radius 2 is 2.00 bits per heavy atom.